The summed E-state index contributed by atoms with van der Waals surface area (Å²) in [6, 6.07) is 0. The van der Waals surface area contributed by atoms with Crippen LogP contribution in [0.15, 0.2) is 109 Å². The molecule has 5 atom stereocenters. The number of ether oxygens (including phenoxy) is 3. The molecule has 0 amide bonds. The summed E-state index contributed by atoms with van der Waals surface area (Å²) in [7, 11) is -9.79. The first-order valence-corrected chi connectivity index (χ1v) is 48.2. The van der Waals surface area contributed by atoms with Gasteiger partial charge in [0.05, 0.1) is 26.4 Å². The highest BCUT2D eigenvalue weighted by molar-refractivity contribution is 7.47. The third-order valence-corrected chi connectivity index (χ3v) is 21.3. The number of hydrogen-bond donors (Lipinski definition) is 4. The highest BCUT2D eigenvalue weighted by atomic mass is 31.2. The molecule has 0 radical (unpaired) electrons. The summed E-state index contributed by atoms with van der Waals surface area (Å²) in [6.45, 7) is 2.63. The van der Waals surface area contributed by atoms with E-state index in [2.05, 4.69) is 130 Å². The predicted molar refractivity (Wildman–Crippen MR) is 464 cm³/mol. The maximum atomic E-state index is 12.9. The fourth-order valence-corrected chi connectivity index (χ4v) is 14.1. The molecule has 0 heterocycles. The molecule has 0 aromatic rings. The van der Waals surface area contributed by atoms with Gasteiger partial charge in [-0.2, -0.15) is 0 Å². The lowest BCUT2D eigenvalue weighted by molar-refractivity contribution is -0.161. The molecular formula is C93H166O16P2. The lowest BCUT2D eigenvalue weighted by Crippen LogP contribution is -2.30. The second-order valence-electron chi connectivity index (χ2n) is 30.4. The minimum atomic E-state index is -4.93. The van der Waals surface area contributed by atoms with Gasteiger partial charge in [0.15, 0.2) is 6.10 Å². The summed E-state index contributed by atoms with van der Waals surface area (Å²) in [5.41, 5.74) is 0. The van der Waals surface area contributed by atoms with Crippen molar-refractivity contribution in [1.82, 2.24) is 0 Å². The second-order valence-corrected chi connectivity index (χ2v) is 33.3. The number of aliphatic hydroxyl groups is 2. The van der Waals surface area contributed by atoms with E-state index in [9.17, 15) is 43.5 Å². The molecule has 0 aliphatic rings. The van der Waals surface area contributed by atoms with E-state index in [1.807, 2.05) is 0 Å². The molecule has 0 aliphatic heterocycles. The van der Waals surface area contributed by atoms with Gasteiger partial charge < -0.3 is 34.2 Å². The number of aliphatic hydroxyl groups excluding tert-OH is 2. The van der Waals surface area contributed by atoms with Crippen molar-refractivity contribution in [1.29, 1.82) is 0 Å². The summed E-state index contributed by atoms with van der Waals surface area (Å²) < 4.78 is 61.2. The van der Waals surface area contributed by atoms with E-state index >= 15 is 0 Å². The molecule has 0 aliphatic carbocycles. The monoisotopic (exact) mass is 1600 g/mol. The Labute approximate surface area is 679 Å². The maximum Gasteiger partial charge on any atom is 0.472 e. The number of hydrogen-bond acceptors (Lipinski definition) is 14. The zero-order chi connectivity index (χ0) is 80.8. The molecule has 0 bridgehead atoms. The molecule has 0 aromatic heterocycles. The predicted octanol–water partition coefficient (Wildman–Crippen LogP) is 27.4. The third-order valence-electron chi connectivity index (χ3n) is 19.4. The van der Waals surface area contributed by atoms with Crippen LogP contribution < -0.4 is 0 Å². The zero-order valence-electron chi connectivity index (χ0n) is 70.9. The van der Waals surface area contributed by atoms with Gasteiger partial charge in [-0.3, -0.25) is 32.5 Å². The average Bonchev–Trinajstić information content (AvgIpc) is 0.910. The summed E-state index contributed by atoms with van der Waals surface area (Å²) in [4.78, 5) is 58.7. The maximum absolute atomic E-state index is 12.9. The Hall–Kier alpha value is -3.79. The number of phosphoric acid groups is 2. The van der Waals surface area contributed by atoms with Gasteiger partial charge in [-0.1, -0.05) is 368 Å². The Morgan fingerprint density at radius 1 is 0.252 bits per heavy atom. The number of phosphoric ester groups is 2. The Bertz CT molecular complexity index is 2450. The molecule has 4 N–H and O–H groups in total. The number of rotatable bonds is 86. The van der Waals surface area contributed by atoms with Crippen molar-refractivity contribution < 1.29 is 75.8 Å². The quantitative estimate of drug-likeness (QED) is 0.0146. The normalized spacial score (nSPS) is 14.3. The molecular weight excluding hydrogens is 1430 g/mol. The molecule has 644 valence electrons. The molecule has 0 fully saturated rings. The van der Waals surface area contributed by atoms with Crippen molar-refractivity contribution in [2.24, 2.45) is 0 Å². The van der Waals surface area contributed by atoms with Crippen molar-refractivity contribution >= 4 is 33.6 Å². The first kappa shape index (κ1) is 107. The van der Waals surface area contributed by atoms with Crippen LogP contribution in [0.2, 0.25) is 0 Å². The van der Waals surface area contributed by atoms with Gasteiger partial charge in [0, 0.05) is 19.3 Å². The second kappa shape index (κ2) is 85.6. The molecule has 0 spiro atoms. The lowest BCUT2D eigenvalue weighted by Gasteiger charge is -2.21. The third kappa shape index (κ3) is 86.9. The number of unbranched alkanes of at least 4 members (excludes halogenated alkanes) is 45. The van der Waals surface area contributed by atoms with Crippen LogP contribution in [0.1, 0.15) is 406 Å². The van der Waals surface area contributed by atoms with Crippen LogP contribution >= 0.6 is 15.6 Å². The van der Waals surface area contributed by atoms with Crippen LogP contribution in [0.3, 0.4) is 0 Å². The SMILES string of the molecule is CCCC/C=C\CCCCCCCC(=O)OC(COC(=O)CCCCCCCCCCCCCCC/C=C\C/C=C\C/C=C\C/C=C\CCCCC)COP(=O)(O)OCC(O)COP(=O)(O)OCC(O)COC(=O)CCCCCCCCCCCCCCCCCCCCC/C=C\C/C=C\C/C=C\C/C=C\CCCCC. The minimum absolute atomic E-state index is 0.0951. The Balaban J connectivity index is 4.31. The van der Waals surface area contributed by atoms with Crippen molar-refractivity contribution in [3.05, 3.63) is 109 Å². The molecule has 0 aromatic carbocycles. The van der Waals surface area contributed by atoms with E-state index in [1.165, 1.54) is 225 Å². The Morgan fingerprint density at radius 3 is 0.748 bits per heavy atom. The van der Waals surface area contributed by atoms with Crippen LogP contribution in [-0.4, -0.2) is 95.9 Å². The van der Waals surface area contributed by atoms with Crippen molar-refractivity contribution in [3.8, 4) is 0 Å². The number of carbonyl (C=O) groups is 3. The standard InChI is InChI=1S/C93H166O16P2/c1-4-7-10-13-16-19-22-24-26-28-30-32-34-36-38-40-41-42-43-44-45-47-49-50-52-54-56-58-60-62-65-67-70-73-76-79-91(96)103-82-88(94)83-105-110(99,100)106-84-89(95)85-107-111(101,102)108-87-90(109-93(98)81-78-75-72-69-64-21-18-15-12-9-6-3)86-104-92(97)80-77-74-71-68-66-63-61-59-57-55-53-51-48-46-39-37-35-33-31-29-27-25-23-20-17-14-11-8-5-2/h15-20,24-27,30-33,36-39,88-90,94-95H,4-14,21-23,28-29,34-35,40-87H2,1-3H3,(H,99,100)(H,101,102)/b18-15-,19-16-,20-17-,26-24-,27-25-,32-30-,33-31-,38-36-,39-37-. The largest absolute Gasteiger partial charge is 0.472 e. The molecule has 5 unspecified atom stereocenters. The van der Waals surface area contributed by atoms with Crippen molar-refractivity contribution in [3.63, 3.8) is 0 Å². The smallest absolute Gasteiger partial charge is 0.463 e. The van der Waals surface area contributed by atoms with Crippen molar-refractivity contribution in [2.45, 2.75) is 424 Å². The van der Waals surface area contributed by atoms with Gasteiger partial charge in [0.25, 0.3) is 0 Å². The van der Waals surface area contributed by atoms with Crippen LogP contribution in [-0.2, 0) is 55.8 Å². The van der Waals surface area contributed by atoms with Gasteiger partial charge in [-0.25, -0.2) is 9.13 Å². The van der Waals surface area contributed by atoms with E-state index < -0.39 is 91.5 Å². The highest BCUT2D eigenvalue weighted by Crippen LogP contribution is 2.45. The summed E-state index contributed by atoms with van der Waals surface area (Å²) in [6.07, 6.45) is 103. The molecule has 18 heteroatoms. The zero-order valence-corrected chi connectivity index (χ0v) is 72.7. The van der Waals surface area contributed by atoms with E-state index in [1.54, 1.807) is 0 Å². The van der Waals surface area contributed by atoms with Gasteiger partial charge in [-0.15, -0.1) is 0 Å². The summed E-state index contributed by atoms with van der Waals surface area (Å²) in [5, 5.41) is 20.7. The first-order chi connectivity index (χ1) is 54.2. The molecule has 0 rings (SSSR count). The first-order valence-electron chi connectivity index (χ1n) is 45.2. The number of esters is 3. The summed E-state index contributed by atoms with van der Waals surface area (Å²) in [5.74, 6) is -1.57. The molecule has 0 saturated heterocycles. The van der Waals surface area contributed by atoms with Crippen LogP contribution in [0, 0.1) is 0 Å². The average molecular weight is 1600 g/mol. The minimum Gasteiger partial charge on any atom is -0.463 e. The van der Waals surface area contributed by atoms with Crippen molar-refractivity contribution in [2.75, 3.05) is 39.6 Å². The lowest BCUT2D eigenvalue weighted by atomic mass is 10.0. The Kier molecular flexibility index (Phi) is 82.7. The number of carbonyl (C=O) groups excluding carboxylic acids is 3. The summed E-state index contributed by atoms with van der Waals surface area (Å²) >= 11 is 0. The van der Waals surface area contributed by atoms with E-state index in [0.717, 1.165) is 122 Å². The van der Waals surface area contributed by atoms with Gasteiger partial charge in [0.2, 0.25) is 0 Å². The Morgan fingerprint density at radius 2 is 0.459 bits per heavy atom. The van der Waals surface area contributed by atoms with Gasteiger partial charge in [-0.05, 0) is 128 Å². The topological polar surface area (TPSA) is 231 Å². The van der Waals surface area contributed by atoms with E-state index in [0.29, 0.717) is 19.3 Å². The van der Waals surface area contributed by atoms with E-state index in [-0.39, 0.29) is 19.3 Å². The van der Waals surface area contributed by atoms with Crippen LogP contribution in [0.25, 0.3) is 0 Å². The fraction of sp³-hybridized carbons (Fsp3) is 0.774. The van der Waals surface area contributed by atoms with Crippen LogP contribution in [0.5, 0.6) is 0 Å². The fourth-order valence-electron chi connectivity index (χ4n) is 12.5. The molecule has 16 nitrogen and oxygen atoms in total. The van der Waals surface area contributed by atoms with E-state index in [4.69, 9.17) is 32.3 Å². The number of allylic oxidation sites excluding steroid dienone is 18. The van der Waals surface area contributed by atoms with Crippen LogP contribution in [0.4, 0.5) is 0 Å². The molecule has 111 heavy (non-hydrogen) atoms. The molecule has 0 saturated carbocycles. The van der Waals surface area contributed by atoms with Gasteiger partial charge >= 0.3 is 33.6 Å². The van der Waals surface area contributed by atoms with Gasteiger partial charge in [0.1, 0.15) is 25.4 Å². The highest BCUT2D eigenvalue weighted by Gasteiger charge is 2.29.